The molecule has 0 saturated carbocycles. The Hall–Kier alpha value is -1.05. The fourth-order valence-electron chi connectivity index (χ4n) is 1.45. The zero-order chi connectivity index (χ0) is 9.90. The maximum Gasteiger partial charge on any atom is 0.218 e. The molecule has 0 unspecified atom stereocenters. The molecule has 13 heavy (non-hydrogen) atoms. The summed E-state index contributed by atoms with van der Waals surface area (Å²) in [6.07, 6.45) is 5.64. The van der Waals surface area contributed by atoms with E-state index in [0.717, 1.165) is 18.5 Å². The lowest BCUT2D eigenvalue weighted by Gasteiger charge is -2.20. The van der Waals surface area contributed by atoms with Gasteiger partial charge in [0, 0.05) is 5.41 Å². The van der Waals surface area contributed by atoms with E-state index >= 15 is 0 Å². The summed E-state index contributed by atoms with van der Waals surface area (Å²) in [6, 6.07) is 0. The van der Waals surface area contributed by atoms with Gasteiger partial charge in [-0.2, -0.15) is 0 Å². The normalized spacial score (nSPS) is 11.6. The monoisotopic (exact) mass is 179 g/mol. The molecular weight excluding hydrogens is 162 g/mol. The van der Waals surface area contributed by atoms with E-state index in [1.165, 1.54) is 0 Å². The highest BCUT2D eigenvalue weighted by Crippen LogP contribution is 2.27. The maximum absolute atomic E-state index is 5.22. The fourth-order valence-corrected chi connectivity index (χ4v) is 1.45. The highest BCUT2D eigenvalue weighted by atomic mass is 16.3. The van der Waals surface area contributed by atoms with Crippen LogP contribution in [0.3, 0.4) is 0 Å². The van der Waals surface area contributed by atoms with Gasteiger partial charge < -0.3 is 4.42 Å². The van der Waals surface area contributed by atoms with Crippen molar-refractivity contribution >= 4 is 6.08 Å². The topological polar surface area (TPSA) is 26.0 Å². The van der Waals surface area contributed by atoms with E-state index in [1.807, 2.05) is 0 Å². The average Bonchev–Trinajstić information content (AvgIpc) is 2.52. The van der Waals surface area contributed by atoms with E-state index in [4.69, 9.17) is 4.42 Å². The summed E-state index contributed by atoms with van der Waals surface area (Å²) in [5.41, 5.74) is 1.13. The molecule has 1 aromatic heterocycles. The third-order valence-corrected chi connectivity index (χ3v) is 2.26. The first-order valence-corrected chi connectivity index (χ1v) is 4.68. The fraction of sp³-hybridized carbons (Fsp3) is 0.545. The van der Waals surface area contributed by atoms with Crippen LogP contribution in [0.5, 0.6) is 0 Å². The molecule has 1 rings (SSSR count). The molecule has 0 N–H and O–H groups in total. The Morgan fingerprint density at radius 2 is 2.31 bits per heavy atom. The summed E-state index contributed by atoms with van der Waals surface area (Å²) < 4.78 is 5.22. The van der Waals surface area contributed by atoms with Gasteiger partial charge in [0.1, 0.15) is 6.26 Å². The van der Waals surface area contributed by atoms with Crippen LogP contribution in [-0.2, 0) is 5.41 Å². The summed E-state index contributed by atoms with van der Waals surface area (Å²) in [6.45, 7) is 10.2. The SMILES string of the molecule is C=Cc1nc(C(C)(C)CCC)co1. The summed E-state index contributed by atoms with van der Waals surface area (Å²) in [5.74, 6) is 0.610. The highest BCUT2D eigenvalue weighted by Gasteiger charge is 2.22. The minimum atomic E-state index is 0.111. The van der Waals surface area contributed by atoms with Gasteiger partial charge in [0.15, 0.2) is 0 Å². The first kappa shape index (κ1) is 10.0. The molecule has 0 aliphatic heterocycles. The van der Waals surface area contributed by atoms with E-state index in [9.17, 15) is 0 Å². The van der Waals surface area contributed by atoms with Crippen LogP contribution in [0.15, 0.2) is 17.3 Å². The molecule has 0 amide bonds. The van der Waals surface area contributed by atoms with Gasteiger partial charge in [-0.1, -0.05) is 33.8 Å². The molecule has 0 spiro atoms. The van der Waals surface area contributed by atoms with Crippen molar-refractivity contribution in [3.63, 3.8) is 0 Å². The molecule has 72 valence electrons. The van der Waals surface area contributed by atoms with E-state index in [2.05, 4.69) is 32.3 Å². The Bertz CT molecular complexity index is 286. The predicted octanol–water partition coefficient (Wildman–Crippen LogP) is 3.40. The zero-order valence-corrected chi connectivity index (χ0v) is 8.63. The molecule has 0 aliphatic carbocycles. The highest BCUT2D eigenvalue weighted by molar-refractivity contribution is 5.34. The van der Waals surface area contributed by atoms with Crippen LogP contribution in [0.25, 0.3) is 6.08 Å². The quantitative estimate of drug-likeness (QED) is 0.708. The van der Waals surface area contributed by atoms with Gasteiger partial charge in [-0.05, 0) is 12.5 Å². The van der Waals surface area contributed by atoms with Crippen LogP contribution < -0.4 is 0 Å². The van der Waals surface area contributed by atoms with E-state index in [0.29, 0.717) is 5.89 Å². The standard InChI is InChI=1S/C11H17NO/c1-5-7-11(3,4)9-8-13-10(6-2)12-9/h6,8H,2,5,7H2,1,3-4H3. The Labute approximate surface area is 79.7 Å². The molecule has 0 saturated heterocycles. The van der Waals surface area contributed by atoms with Crippen molar-refractivity contribution in [1.82, 2.24) is 4.98 Å². The van der Waals surface area contributed by atoms with Crippen LogP contribution in [0.1, 0.15) is 45.2 Å². The van der Waals surface area contributed by atoms with Crippen molar-refractivity contribution < 1.29 is 4.42 Å². The lowest BCUT2D eigenvalue weighted by atomic mass is 9.85. The Kier molecular flexibility index (Phi) is 2.91. The van der Waals surface area contributed by atoms with E-state index in [-0.39, 0.29) is 5.41 Å². The molecule has 0 radical (unpaired) electrons. The van der Waals surface area contributed by atoms with Gasteiger partial charge >= 0.3 is 0 Å². The number of aromatic nitrogens is 1. The first-order valence-electron chi connectivity index (χ1n) is 4.68. The number of nitrogens with zero attached hydrogens (tertiary/aromatic N) is 1. The first-order chi connectivity index (χ1) is 6.10. The molecule has 0 fully saturated rings. The van der Waals surface area contributed by atoms with Crippen molar-refractivity contribution in [2.24, 2.45) is 0 Å². The second-order valence-corrected chi connectivity index (χ2v) is 3.91. The van der Waals surface area contributed by atoms with E-state index in [1.54, 1.807) is 12.3 Å². The summed E-state index contributed by atoms with van der Waals surface area (Å²) >= 11 is 0. The predicted molar refractivity (Wildman–Crippen MR) is 54.5 cm³/mol. The van der Waals surface area contributed by atoms with Crippen molar-refractivity contribution in [2.75, 3.05) is 0 Å². The molecule has 0 atom stereocenters. The van der Waals surface area contributed by atoms with E-state index < -0.39 is 0 Å². The molecule has 0 aliphatic rings. The Morgan fingerprint density at radius 1 is 1.62 bits per heavy atom. The van der Waals surface area contributed by atoms with Crippen molar-refractivity contribution in [3.8, 4) is 0 Å². The lowest BCUT2D eigenvalue weighted by molar-refractivity contribution is 0.456. The molecule has 2 heteroatoms. The van der Waals surface area contributed by atoms with Crippen LogP contribution >= 0.6 is 0 Å². The summed E-state index contributed by atoms with van der Waals surface area (Å²) in [7, 11) is 0. The Morgan fingerprint density at radius 3 is 2.77 bits per heavy atom. The minimum Gasteiger partial charge on any atom is -0.445 e. The third kappa shape index (κ3) is 2.20. The average molecular weight is 179 g/mol. The number of hydrogen-bond donors (Lipinski definition) is 0. The van der Waals surface area contributed by atoms with Crippen LogP contribution in [0.2, 0.25) is 0 Å². The van der Waals surface area contributed by atoms with Crippen LogP contribution in [0, 0.1) is 0 Å². The van der Waals surface area contributed by atoms with Gasteiger partial charge in [-0.25, -0.2) is 4.98 Å². The molecule has 1 aromatic rings. The van der Waals surface area contributed by atoms with Crippen LogP contribution in [-0.4, -0.2) is 4.98 Å². The van der Waals surface area contributed by atoms with Gasteiger partial charge in [0.05, 0.1) is 5.69 Å². The molecule has 1 heterocycles. The van der Waals surface area contributed by atoms with Gasteiger partial charge in [0.25, 0.3) is 0 Å². The smallest absolute Gasteiger partial charge is 0.218 e. The van der Waals surface area contributed by atoms with Gasteiger partial charge in [-0.15, -0.1) is 0 Å². The van der Waals surface area contributed by atoms with Crippen LogP contribution in [0.4, 0.5) is 0 Å². The second kappa shape index (κ2) is 3.77. The zero-order valence-electron chi connectivity index (χ0n) is 8.63. The van der Waals surface area contributed by atoms with Crippen molar-refractivity contribution in [3.05, 3.63) is 24.4 Å². The minimum absolute atomic E-state index is 0.111. The largest absolute Gasteiger partial charge is 0.445 e. The molecule has 0 bridgehead atoms. The Balaban J connectivity index is 2.86. The van der Waals surface area contributed by atoms with Crippen molar-refractivity contribution in [1.29, 1.82) is 0 Å². The summed E-state index contributed by atoms with van der Waals surface area (Å²) in [4.78, 5) is 4.33. The third-order valence-electron chi connectivity index (χ3n) is 2.26. The van der Waals surface area contributed by atoms with Crippen molar-refractivity contribution in [2.45, 2.75) is 39.0 Å². The second-order valence-electron chi connectivity index (χ2n) is 3.91. The maximum atomic E-state index is 5.22. The molecule has 2 nitrogen and oxygen atoms in total. The lowest BCUT2D eigenvalue weighted by Crippen LogP contribution is -2.16. The molecular formula is C11H17NO. The van der Waals surface area contributed by atoms with Gasteiger partial charge in [0.2, 0.25) is 5.89 Å². The number of oxazole rings is 1. The molecule has 0 aromatic carbocycles. The number of rotatable bonds is 4. The summed E-state index contributed by atoms with van der Waals surface area (Å²) in [5, 5.41) is 0. The number of hydrogen-bond acceptors (Lipinski definition) is 2. The van der Waals surface area contributed by atoms with Gasteiger partial charge in [-0.3, -0.25) is 0 Å².